The van der Waals surface area contributed by atoms with Crippen molar-refractivity contribution in [3.8, 4) is 17.2 Å². The van der Waals surface area contributed by atoms with E-state index in [-0.39, 0.29) is 16.5 Å². The molecule has 0 radical (unpaired) electrons. The smallest absolute Gasteiger partial charge is 0.343 e. The molecular formula is C24H20Cl2N2O5. The quantitative estimate of drug-likeness (QED) is 0.200. The number of rotatable bonds is 8. The molecule has 33 heavy (non-hydrogen) atoms. The van der Waals surface area contributed by atoms with Crippen LogP contribution < -0.4 is 19.6 Å². The van der Waals surface area contributed by atoms with Crippen LogP contribution >= 0.6 is 23.2 Å². The van der Waals surface area contributed by atoms with Gasteiger partial charge in [0.15, 0.2) is 11.5 Å². The molecule has 0 saturated heterocycles. The number of esters is 1. The van der Waals surface area contributed by atoms with E-state index in [4.69, 9.17) is 37.4 Å². The summed E-state index contributed by atoms with van der Waals surface area (Å²) in [5.41, 5.74) is 3.69. The summed E-state index contributed by atoms with van der Waals surface area (Å²) in [4.78, 5) is 24.7. The van der Waals surface area contributed by atoms with E-state index in [0.717, 1.165) is 0 Å². The minimum atomic E-state index is -0.600. The Morgan fingerprint density at radius 3 is 2.30 bits per heavy atom. The molecule has 170 valence electrons. The van der Waals surface area contributed by atoms with Crippen LogP contribution in [0.3, 0.4) is 0 Å². The van der Waals surface area contributed by atoms with Gasteiger partial charge in [-0.3, -0.25) is 4.79 Å². The van der Waals surface area contributed by atoms with Crippen molar-refractivity contribution in [3.05, 3.63) is 87.4 Å². The van der Waals surface area contributed by atoms with Crippen LogP contribution in [-0.4, -0.2) is 31.8 Å². The number of halogens is 2. The van der Waals surface area contributed by atoms with E-state index in [1.165, 1.54) is 13.3 Å². The Kier molecular flexibility index (Phi) is 8.29. The number of methoxy groups -OCH3 is 1. The van der Waals surface area contributed by atoms with E-state index in [0.29, 0.717) is 34.1 Å². The van der Waals surface area contributed by atoms with Crippen LogP contribution in [0.5, 0.6) is 17.2 Å². The zero-order valence-electron chi connectivity index (χ0n) is 17.8. The number of hydrazone groups is 1. The fraction of sp³-hybridized carbons (Fsp3) is 0.125. The van der Waals surface area contributed by atoms with E-state index in [1.807, 2.05) is 0 Å². The maximum absolute atomic E-state index is 12.6. The first kappa shape index (κ1) is 24.1. The van der Waals surface area contributed by atoms with Crippen molar-refractivity contribution in [2.75, 3.05) is 13.7 Å². The molecule has 0 aromatic heterocycles. The van der Waals surface area contributed by atoms with Crippen LogP contribution in [0.1, 0.15) is 33.2 Å². The van der Waals surface area contributed by atoms with Crippen LogP contribution in [0.4, 0.5) is 0 Å². The molecule has 1 amide bonds. The van der Waals surface area contributed by atoms with Crippen molar-refractivity contribution in [2.45, 2.75) is 6.92 Å². The highest BCUT2D eigenvalue weighted by Gasteiger charge is 2.17. The van der Waals surface area contributed by atoms with Gasteiger partial charge >= 0.3 is 5.97 Å². The molecule has 0 bridgehead atoms. The van der Waals surface area contributed by atoms with Gasteiger partial charge in [0.05, 0.1) is 30.5 Å². The van der Waals surface area contributed by atoms with Crippen molar-refractivity contribution >= 4 is 41.3 Å². The van der Waals surface area contributed by atoms with Gasteiger partial charge in [0.2, 0.25) is 0 Å². The van der Waals surface area contributed by atoms with Gasteiger partial charge in [0.25, 0.3) is 5.91 Å². The number of hydrogen-bond donors (Lipinski definition) is 1. The fourth-order valence-corrected chi connectivity index (χ4v) is 3.12. The van der Waals surface area contributed by atoms with Gasteiger partial charge in [-0.1, -0.05) is 23.2 Å². The van der Waals surface area contributed by atoms with Gasteiger partial charge < -0.3 is 14.2 Å². The maximum Gasteiger partial charge on any atom is 0.343 e. The Bertz CT molecular complexity index is 1160. The molecule has 3 aromatic rings. The first-order chi connectivity index (χ1) is 15.9. The summed E-state index contributed by atoms with van der Waals surface area (Å²) < 4.78 is 16.2. The molecule has 0 aliphatic carbocycles. The molecule has 0 atom stereocenters. The first-order valence-corrected chi connectivity index (χ1v) is 10.6. The lowest BCUT2D eigenvalue weighted by atomic mass is 10.2. The summed E-state index contributed by atoms with van der Waals surface area (Å²) in [5, 5.41) is 4.62. The van der Waals surface area contributed by atoms with Gasteiger partial charge in [-0.05, 0) is 73.2 Å². The number of carbonyl (C=O) groups excluding carboxylic acids is 2. The summed E-state index contributed by atoms with van der Waals surface area (Å²) in [7, 11) is 1.54. The summed E-state index contributed by atoms with van der Waals surface area (Å²) in [6.07, 6.45) is 1.40. The Morgan fingerprint density at radius 2 is 1.67 bits per heavy atom. The summed E-state index contributed by atoms with van der Waals surface area (Å²) in [6.45, 7) is 2.10. The zero-order chi connectivity index (χ0) is 23.8. The third kappa shape index (κ3) is 6.47. The SMILES string of the molecule is CCOc1cc(C=NNC(=O)c2ccc(Cl)cc2)cc(Cl)c1OC(=O)c1ccc(OC)cc1. The third-order valence-corrected chi connectivity index (χ3v) is 4.87. The van der Waals surface area contributed by atoms with Crippen molar-refractivity contribution in [2.24, 2.45) is 5.10 Å². The topological polar surface area (TPSA) is 86.2 Å². The lowest BCUT2D eigenvalue weighted by Crippen LogP contribution is -2.17. The number of nitrogens with one attached hydrogen (secondary N) is 1. The highest BCUT2D eigenvalue weighted by molar-refractivity contribution is 6.32. The van der Waals surface area contributed by atoms with E-state index < -0.39 is 11.9 Å². The highest BCUT2D eigenvalue weighted by atomic mass is 35.5. The minimum absolute atomic E-state index is 0.0849. The molecular weight excluding hydrogens is 467 g/mol. The van der Waals surface area contributed by atoms with Crippen molar-refractivity contribution in [1.29, 1.82) is 0 Å². The van der Waals surface area contributed by atoms with Crippen LogP contribution in [0.2, 0.25) is 10.0 Å². The van der Waals surface area contributed by atoms with Gasteiger partial charge in [-0.15, -0.1) is 0 Å². The first-order valence-electron chi connectivity index (χ1n) is 9.82. The molecule has 0 spiro atoms. The predicted octanol–water partition coefficient (Wildman–Crippen LogP) is 5.38. The summed E-state index contributed by atoms with van der Waals surface area (Å²) in [5.74, 6) is -0.0355. The van der Waals surface area contributed by atoms with Crippen molar-refractivity contribution in [3.63, 3.8) is 0 Å². The number of ether oxygens (including phenoxy) is 3. The number of carbonyl (C=O) groups is 2. The van der Waals surface area contributed by atoms with Crippen LogP contribution in [0.25, 0.3) is 0 Å². The molecule has 3 aromatic carbocycles. The normalized spacial score (nSPS) is 10.7. The molecule has 9 heteroatoms. The van der Waals surface area contributed by atoms with E-state index in [9.17, 15) is 9.59 Å². The van der Waals surface area contributed by atoms with Gasteiger partial charge in [-0.2, -0.15) is 5.10 Å². The molecule has 7 nitrogen and oxygen atoms in total. The predicted molar refractivity (Wildman–Crippen MR) is 127 cm³/mol. The van der Waals surface area contributed by atoms with E-state index in [1.54, 1.807) is 67.6 Å². The molecule has 0 aliphatic heterocycles. The average molecular weight is 487 g/mol. The molecule has 0 aliphatic rings. The minimum Gasteiger partial charge on any atom is -0.497 e. The van der Waals surface area contributed by atoms with Crippen molar-refractivity contribution < 1.29 is 23.8 Å². The molecule has 0 fully saturated rings. The molecule has 0 unspecified atom stereocenters. The Labute approximate surface area is 200 Å². The summed E-state index contributed by atoms with van der Waals surface area (Å²) in [6, 6.07) is 16.0. The zero-order valence-corrected chi connectivity index (χ0v) is 19.3. The molecule has 1 N–H and O–H groups in total. The van der Waals surface area contributed by atoms with E-state index >= 15 is 0 Å². The number of hydrogen-bond acceptors (Lipinski definition) is 6. The van der Waals surface area contributed by atoms with E-state index in [2.05, 4.69) is 10.5 Å². The average Bonchev–Trinajstić information content (AvgIpc) is 2.81. The lowest BCUT2D eigenvalue weighted by Gasteiger charge is -2.13. The highest BCUT2D eigenvalue weighted by Crippen LogP contribution is 2.37. The second kappa shape index (κ2) is 11.4. The standard InChI is InChI=1S/C24H20Cl2N2O5/c1-3-32-21-13-15(14-27-28-23(29)16-4-8-18(25)9-5-16)12-20(26)22(21)33-24(30)17-6-10-19(31-2)11-7-17/h4-14H,3H2,1-2H3,(H,28,29). The van der Waals surface area contributed by atoms with Crippen LogP contribution in [-0.2, 0) is 0 Å². The second-order valence-electron chi connectivity index (χ2n) is 6.59. The second-order valence-corrected chi connectivity index (χ2v) is 7.43. The molecule has 0 heterocycles. The Balaban J connectivity index is 1.75. The molecule has 3 rings (SSSR count). The summed E-state index contributed by atoms with van der Waals surface area (Å²) >= 11 is 12.2. The largest absolute Gasteiger partial charge is 0.497 e. The monoisotopic (exact) mass is 486 g/mol. The maximum atomic E-state index is 12.6. The van der Waals surface area contributed by atoms with Gasteiger partial charge in [-0.25, -0.2) is 10.2 Å². The number of amides is 1. The third-order valence-electron chi connectivity index (χ3n) is 4.34. The van der Waals surface area contributed by atoms with Crippen LogP contribution in [0, 0.1) is 0 Å². The van der Waals surface area contributed by atoms with Crippen LogP contribution in [0.15, 0.2) is 65.8 Å². The molecule has 0 saturated carbocycles. The fourth-order valence-electron chi connectivity index (χ4n) is 2.73. The lowest BCUT2D eigenvalue weighted by molar-refractivity contribution is 0.0728. The Morgan fingerprint density at radius 1 is 1.00 bits per heavy atom. The van der Waals surface area contributed by atoms with Gasteiger partial charge in [0, 0.05) is 10.6 Å². The Hall–Kier alpha value is -3.55. The van der Waals surface area contributed by atoms with Crippen molar-refractivity contribution in [1.82, 2.24) is 5.43 Å². The number of nitrogens with zero attached hydrogens (tertiary/aromatic N) is 1. The van der Waals surface area contributed by atoms with Gasteiger partial charge in [0.1, 0.15) is 5.75 Å². The number of benzene rings is 3.